The summed E-state index contributed by atoms with van der Waals surface area (Å²) in [5, 5.41) is -0.801. The van der Waals surface area contributed by atoms with Crippen molar-refractivity contribution in [3.05, 3.63) is 29.8 Å². The Morgan fingerprint density at radius 2 is 1.79 bits per heavy atom. The molecule has 78 valence electrons. The predicted molar refractivity (Wildman–Crippen MR) is 56.6 cm³/mol. The summed E-state index contributed by atoms with van der Waals surface area (Å²) in [4.78, 5) is 0.303. The highest BCUT2D eigenvalue weighted by Crippen LogP contribution is 2.15. The van der Waals surface area contributed by atoms with Crippen molar-refractivity contribution < 1.29 is 8.42 Å². The number of nitrogens with two attached hydrogens (primary N) is 1. The van der Waals surface area contributed by atoms with Crippen LogP contribution in [0, 0.1) is 6.92 Å². The van der Waals surface area contributed by atoms with Crippen LogP contribution in [0.15, 0.2) is 29.2 Å². The number of aryl methyl sites for hydroxylation is 1. The van der Waals surface area contributed by atoms with Gasteiger partial charge in [-0.15, -0.1) is 0 Å². The first kappa shape index (κ1) is 11.2. The van der Waals surface area contributed by atoms with E-state index in [4.69, 9.17) is 5.73 Å². The second-order valence-corrected chi connectivity index (χ2v) is 5.47. The van der Waals surface area contributed by atoms with Crippen molar-refractivity contribution in [1.29, 1.82) is 0 Å². The number of hydrogen-bond donors (Lipinski definition) is 1. The van der Waals surface area contributed by atoms with Gasteiger partial charge < -0.3 is 5.73 Å². The van der Waals surface area contributed by atoms with E-state index < -0.39 is 15.2 Å². The Morgan fingerprint density at radius 1 is 1.29 bits per heavy atom. The van der Waals surface area contributed by atoms with E-state index in [1.165, 1.54) is 0 Å². The van der Waals surface area contributed by atoms with E-state index in [1.807, 2.05) is 6.92 Å². The lowest BCUT2D eigenvalue weighted by atomic mass is 10.2. The lowest BCUT2D eigenvalue weighted by Gasteiger charge is -2.10. The third-order valence-electron chi connectivity index (χ3n) is 2.15. The van der Waals surface area contributed by atoms with Gasteiger partial charge in [0.25, 0.3) is 0 Å². The maximum absolute atomic E-state index is 11.7. The fourth-order valence-corrected chi connectivity index (χ4v) is 2.43. The number of benzene rings is 1. The van der Waals surface area contributed by atoms with Gasteiger partial charge in [0.05, 0.1) is 4.90 Å². The van der Waals surface area contributed by atoms with Crippen LogP contribution in [0.3, 0.4) is 0 Å². The molecular formula is C10H15NO2S. The lowest BCUT2D eigenvalue weighted by Crippen LogP contribution is -2.29. The Morgan fingerprint density at radius 3 is 2.21 bits per heavy atom. The second-order valence-electron chi connectivity index (χ2n) is 3.30. The first-order valence-corrected chi connectivity index (χ1v) is 6.09. The Kier molecular flexibility index (Phi) is 3.29. The first-order chi connectivity index (χ1) is 6.48. The van der Waals surface area contributed by atoms with Gasteiger partial charge in [-0.2, -0.15) is 0 Å². The highest BCUT2D eigenvalue weighted by molar-refractivity contribution is 7.92. The fraction of sp³-hybridized carbons (Fsp3) is 0.400. The van der Waals surface area contributed by atoms with Gasteiger partial charge in [-0.1, -0.05) is 24.6 Å². The monoisotopic (exact) mass is 213 g/mol. The molecule has 0 heterocycles. The van der Waals surface area contributed by atoms with Crippen LogP contribution in [0.25, 0.3) is 0 Å². The smallest absolute Gasteiger partial charge is 0.193 e. The zero-order chi connectivity index (χ0) is 10.8. The molecule has 0 aliphatic rings. The molecule has 1 aromatic carbocycles. The molecule has 3 nitrogen and oxygen atoms in total. The molecule has 0 bridgehead atoms. The van der Waals surface area contributed by atoms with Gasteiger partial charge in [0.15, 0.2) is 9.84 Å². The van der Waals surface area contributed by atoms with Crippen molar-refractivity contribution in [2.75, 3.05) is 0 Å². The summed E-state index contributed by atoms with van der Waals surface area (Å²) in [5.74, 6) is 0. The van der Waals surface area contributed by atoms with Gasteiger partial charge in [-0.3, -0.25) is 0 Å². The van der Waals surface area contributed by atoms with Crippen molar-refractivity contribution in [3.8, 4) is 0 Å². The van der Waals surface area contributed by atoms with Crippen LogP contribution in [0.2, 0.25) is 0 Å². The van der Waals surface area contributed by atoms with E-state index >= 15 is 0 Å². The quantitative estimate of drug-likeness (QED) is 0.827. The topological polar surface area (TPSA) is 60.2 Å². The average molecular weight is 213 g/mol. The maximum atomic E-state index is 11.7. The van der Waals surface area contributed by atoms with E-state index in [9.17, 15) is 8.42 Å². The molecule has 1 aromatic rings. The molecule has 0 fully saturated rings. The SMILES string of the molecule is CCC(N)S(=O)(=O)c1ccc(C)cc1. The van der Waals surface area contributed by atoms with E-state index in [-0.39, 0.29) is 0 Å². The summed E-state index contributed by atoms with van der Waals surface area (Å²) in [5.41, 5.74) is 6.57. The maximum Gasteiger partial charge on any atom is 0.193 e. The van der Waals surface area contributed by atoms with Gasteiger partial charge >= 0.3 is 0 Å². The Bertz CT molecular complexity index is 395. The molecule has 0 radical (unpaired) electrons. The van der Waals surface area contributed by atoms with Crippen molar-refractivity contribution in [1.82, 2.24) is 0 Å². The molecule has 1 unspecified atom stereocenters. The van der Waals surface area contributed by atoms with E-state index in [0.717, 1.165) is 5.56 Å². The minimum Gasteiger partial charge on any atom is -0.315 e. The summed E-state index contributed by atoms with van der Waals surface area (Å²) >= 11 is 0. The molecule has 0 aliphatic heterocycles. The fourth-order valence-electron chi connectivity index (χ4n) is 1.12. The highest BCUT2D eigenvalue weighted by atomic mass is 32.2. The van der Waals surface area contributed by atoms with Gasteiger partial charge in [0.1, 0.15) is 5.37 Å². The minimum atomic E-state index is -3.33. The number of rotatable bonds is 3. The second kappa shape index (κ2) is 4.11. The van der Waals surface area contributed by atoms with Crippen LogP contribution in [0.1, 0.15) is 18.9 Å². The molecule has 2 N–H and O–H groups in total. The Hall–Kier alpha value is -0.870. The van der Waals surface area contributed by atoms with Crippen molar-refractivity contribution in [3.63, 3.8) is 0 Å². The zero-order valence-electron chi connectivity index (χ0n) is 8.40. The van der Waals surface area contributed by atoms with Crippen LogP contribution in [0.4, 0.5) is 0 Å². The van der Waals surface area contributed by atoms with Crippen molar-refractivity contribution in [2.45, 2.75) is 30.5 Å². The van der Waals surface area contributed by atoms with Crippen molar-refractivity contribution >= 4 is 9.84 Å². The molecule has 0 saturated heterocycles. The standard InChI is InChI=1S/C10H15NO2S/c1-3-10(11)14(12,13)9-6-4-8(2)5-7-9/h4-7,10H,3,11H2,1-2H3. The third kappa shape index (κ3) is 2.13. The van der Waals surface area contributed by atoms with Crippen LogP contribution < -0.4 is 5.73 Å². The molecule has 0 aromatic heterocycles. The summed E-state index contributed by atoms with van der Waals surface area (Å²) in [7, 11) is -3.33. The minimum absolute atomic E-state index is 0.303. The normalized spacial score (nSPS) is 13.9. The molecule has 0 amide bonds. The lowest BCUT2D eigenvalue weighted by molar-refractivity contribution is 0.577. The van der Waals surface area contributed by atoms with Gasteiger partial charge in [-0.25, -0.2) is 8.42 Å². The average Bonchev–Trinajstić information content (AvgIpc) is 2.17. The Labute approximate surface area is 84.9 Å². The highest BCUT2D eigenvalue weighted by Gasteiger charge is 2.21. The summed E-state index contributed by atoms with van der Waals surface area (Å²) in [6, 6.07) is 6.74. The predicted octanol–water partition coefficient (Wildman–Crippen LogP) is 1.46. The molecule has 0 saturated carbocycles. The molecule has 1 atom stereocenters. The van der Waals surface area contributed by atoms with E-state index in [0.29, 0.717) is 11.3 Å². The molecule has 14 heavy (non-hydrogen) atoms. The Balaban J connectivity index is 3.11. The van der Waals surface area contributed by atoms with Crippen LogP contribution in [-0.4, -0.2) is 13.8 Å². The van der Waals surface area contributed by atoms with Crippen LogP contribution in [0.5, 0.6) is 0 Å². The zero-order valence-corrected chi connectivity index (χ0v) is 9.21. The molecule has 4 heteroatoms. The van der Waals surface area contributed by atoms with E-state index in [1.54, 1.807) is 31.2 Å². The largest absolute Gasteiger partial charge is 0.315 e. The van der Waals surface area contributed by atoms with Crippen LogP contribution >= 0.6 is 0 Å². The number of sulfone groups is 1. The summed E-state index contributed by atoms with van der Waals surface area (Å²) in [6.45, 7) is 3.67. The van der Waals surface area contributed by atoms with E-state index in [2.05, 4.69) is 0 Å². The van der Waals surface area contributed by atoms with Gasteiger partial charge in [0.2, 0.25) is 0 Å². The first-order valence-electron chi connectivity index (χ1n) is 4.54. The number of hydrogen-bond acceptors (Lipinski definition) is 3. The third-order valence-corrected chi connectivity index (χ3v) is 4.21. The summed E-state index contributed by atoms with van der Waals surface area (Å²) < 4.78 is 23.5. The summed E-state index contributed by atoms with van der Waals surface area (Å²) in [6.07, 6.45) is 0.427. The molecule has 0 aliphatic carbocycles. The molecular weight excluding hydrogens is 198 g/mol. The van der Waals surface area contributed by atoms with Crippen LogP contribution in [-0.2, 0) is 9.84 Å². The molecule has 0 spiro atoms. The van der Waals surface area contributed by atoms with Crippen molar-refractivity contribution in [2.24, 2.45) is 5.73 Å². The molecule has 1 rings (SSSR count). The van der Waals surface area contributed by atoms with Gasteiger partial charge in [-0.05, 0) is 25.5 Å². The van der Waals surface area contributed by atoms with Gasteiger partial charge in [0, 0.05) is 0 Å².